The Balaban J connectivity index is 1.66. The van der Waals surface area contributed by atoms with Gasteiger partial charge in [0.2, 0.25) is 5.91 Å². The molecule has 0 aromatic heterocycles. The molecule has 14 heteroatoms. The number of allylic oxidation sites excluding steroid dienone is 15. The Hall–Kier alpha value is -3.09. The molecular formula is C81H143NO13. The molecule has 0 spiro atoms. The summed E-state index contributed by atoms with van der Waals surface area (Å²) in [4.78, 5) is 13.4. The van der Waals surface area contributed by atoms with Crippen molar-refractivity contribution in [1.29, 1.82) is 0 Å². The van der Waals surface area contributed by atoms with Crippen LogP contribution < -0.4 is 5.32 Å². The summed E-state index contributed by atoms with van der Waals surface area (Å²) in [6, 6.07) is -0.943. The molecule has 2 aliphatic rings. The Morgan fingerprint density at radius 1 is 0.389 bits per heavy atom. The molecule has 2 aliphatic heterocycles. The van der Waals surface area contributed by atoms with Crippen molar-refractivity contribution in [3.05, 3.63) is 97.2 Å². The van der Waals surface area contributed by atoms with Gasteiger partial charge in [-0.2, -0.15) is 0 Å². The highest BCUT2D eigenvalue weighted by molar-refractivity contribution is 5.76. The Labute approximate surface area is 579 Å². The van der Waals surface area contributed by atoms with Gasteiger partial charge in [0.25, 0.3) is 0 Å². The number of aliphatic hydroxyl groups is 8. The molecule has 0 aromatic carbocycles. The van der Waals surface area contributed by atoms with Crippen LogP contribution >= 0.6 is 0 Å². The zero-order chi connectivity index (χ0) is 68.7. The van der Waals surface area contributed by atoms with Crippen LogP contribution in [0.15, 0.2) is 97.2 Å². The first kappa shape index (κ1) is 88.0. The SMILES string of the molecule is CC/C=C\C/C=C\C/C=C\C/C=C\C/C=C\C/C=C\CCCCCCCCCCCCC(=O)NC(COC1OC(CO)C(OC2OC(CO)C(O)C(O)C2O)C(O)C1O)C(O)/C=C/CC/C=C/CCCCCCCCCCCCCCCCCCCCCCCCCCCC. The van der Waals surface area contributed by atoms with Gasteiger partial charge in [0, 0.05) is 6.42 Å². The van der Waals surface area contributed by atoms with Gasteiger partial charge in [-0.3, -0.25) is 4.79 Å². The maximum atomic E-state index is 13.4. The van der Waals surface area contributed by atoms with Crippen molar-refractivity contribution in [3.8, 4) is 0 Å². The molecule has 0 bridgehead atoms. The summed E-state index contributed by atoms with van der Waals surface area (Å²) in [5, 5.41) is 87.6. The van der Waals surface area contributed by atoms with Crippen LogP contribution in [0.5, 0.6) is 0 Å². The minimum Gasteiger partial charge on any atom is -0.394 e. The Kier molecular flexibility index (Phi) is 59.6. The summed E-state index contributed by atoms with van der Waals surface area (Å²) in [6.45, 7) is 2.70. The predicted octanol–water partition coefficient (Wildman–Crippen LogP) is 17.3. The van der Waals surface area contributed by atoms with Crippen molar-refractivity contribution < 1.29 is 64.6 Å². The second kappa shape index (κ2) is 64.3. The molecule has 14 nitrogen and oxygen atoms in total. The summed E-state index contributed by atoms with van der Waals surface area (Å²) in [5.41, 5.74) is 0. The van der Waals surface area contributed by atoms with Crippen molar-refractivity contribution in [2.75, 3.05) is 19.8 Å². The molecule has 9 N–H and O–H groups in total. The second-order valence-electron chi connectivity index (χ2n) is 27.1. The standard InChI is InChI=1S/C81H143NO13/c1-3-5-7-9-11-13-15-17-19-21-23-25-27-29-31-33-34-35-37-38-40-42-44-46-48-50-52-54-56-58-60-62-64-70(85)69(68-92-80-78(91)76(89)79(72(67-84)94-80)95-81-77(90)75(88)74(87)71(66-83)93-81)82-73(86)65-63-61-59-57-55-53-51-49-47-45-43-41-39-36-32-30-28-26-24-22-20-18-16-14-12-10-8-6-4-2/h6,8,12,14,18,20,24,26,30,32,39,41,54,56,62,64,69-72,74-81,83-85,87-91H,3-5,7,9-11,13,15-17,19,21-23,25,27-29,31,33-38,40,42-53,55,57-61,63,65-68H2,1-2H3,(H,82,86)/b8-6-,14-12-,20-18-,26-24-,32-30-,41-39-,56-54+,64-62+. The third kappa shape index (κ3) is 47.6. The summed E-state index contributed by atoms with van der Waals surface area (Å²) in [6.07, 6.45) is 74.8. The van der Waals surface area contributed by atoms with Crippen molar-refractivity contribution in [2.24, 2.45) is 0 Å². The highest BCUT2D eigenvalue weighted by Crippen LogP contribution is 2.30. The quantitative estimate of drug-likeness (QED) is 0.0204. The zero-order valence-corrected chi connectivity index (χ0v) is 60.1. The van der Waals surface area contributed by atoms with E-state index in [-0.39, 0.29) is 18.9 Å². The largest absolute Gasteiger partial charge is 0.394 e. The van der Waals surface area contributed by atoms with Crippen LogP contribution in [0, 0.1) is 0 Å². The maximum Gasteiger partial charge on any atom is 0.220 e. The van der Waals surface area contributed by atoms with E-state index in [9.17, 15) is 45.6 Å². The van der Waals surface area contributed by atoms with Crippen molar-refractivity contribution in [1.82, 2.24) is 5.32 Å². The molecule has 12 atom stereocenters. The van der Waals surface area contributed by atoms with E-state index in [2.05, 4.69) is 104 Å². The van der Waals surface area contributed by atoms with E-state index in [1.807, 2.05) is 6.08 Å². The molecule has 0 aliphatic carbocycles. The number of unbranched alkanes of at least 4 members (excludes halogenated alkanes) is 37. The number of carbonyl (C=O) groups excluding carboxylic acids is 1. The third-order valence-electron chi connectivity index (χ3n) is 18.5. The molecular weight excluding hydrogens is 1190 g/mol. The van der Waals surface area contributed by atoms with Gasteiger partial charge >= 0.3 is 0 Å². The average molecular weight is 1340 g/mol. The molecule has 2 heterocycles. The maximum absolute atomic E-state index is 13.4. The van der Waals surface area contributed by atoms with Gasteiger partial charge in [-0.05, 0) is 83.5 Å². The lowest BCUT2D eigenvalue weighted by atomic mass is 9.97. The predicted molar refractivity (Wildman–Crippen MR) is 392 cm³/mol. The topological polar surface area (TPSA) is 228 Å². The van der Waals surface area contributed by atoms with E-state index in [1.54, 1.807) is 6.08 Å². The fourth-order valence-electron chi connectivity index (χ4n) is 12.4. The van der Waals surface area contributed by atoms with Crippen LogP contribution in [0.3, 0.4) is 0 Å². The molecule has 2 saturated heterocycles. The lowest BCUT2D eigenvalue weighted by molar-refractivity contribution is -0.359. The molecule has 2 fully saturated rings. The summed E-state index contributed by atoms with van der Waals surface area (Å²) < 4.78 is 22.9. The van der Waals surface area contributed by atoms with Crippen LogP contribution in [-0.2, 0) is 23.7 Å². The molecule has 0 aromatic rings. The normalized spacial score (nSPS) is 22.9. The molecule has 0 radical (unpaired) electrons. The number of aliphatic hydroxyl groups excluding tert-OH is 8. The molecule has 1 amide bonds. The Morgan fingerprint density at radius 2 is 0.737 bits per heavy atom. The number of carbonyl (C=O) groups is 1. The van der Waals surface area contributed by atoms with Crippen LogP contribution in [-0.4, -0.2) is 140 Å². The van der Waals surface area contributed by atoms with Crippen molar-refractivity contribution in [2.45, 2.75) is 389 Å². The minimum absolute atomic E-state index is 0.254. The van der Waals surface area contributed by atoms with Gasteiger partial charge in [-0.15, -0.1) is 0 Å². The average Bonchev–Trinajstić information content (AvgIpc) is 0.801. The second-order valence-corrected chi connectivity index (χ2v) is 27.1. The van der Waals surface area contributed by atoms with Crippen LogP contribution in [0.25, 0.3) is 0 Å². The van der Waals surface area contributed by atoms with E-state index < -0.39 is 86.8 Å². The van der Waals surface area contributed by atoms with Gasteiger partial charge < -0.3 is 65.1 Å². The van der Waals surface area contributed by atoms with Crippen LogP contribution in [0.2, 0.25) is 0 Å². The zero-order valence-electron chi connectivity index (χ0n) is 60.1. The van der Waals surface area contributed by atoms with Gasteiger partial charge in [0.05, 0.1) is 32.0 Å². The van der Waals surface area contributed by atoms with Gasteiger partial charge in [-0.25, -0.2) is 0 Å². The molecule has 2 rings (SSSR count). The molecule has 12 unspecified atom stereocenters. The van der Waals surface area contributed by atoms with Crippen molar-refractivity contribution in [3.63, 3.8) is 0 Å². The van der Waals surface area contributed by atoms with Crippen LogP contribution in [0.4, 0.5) is 0 Å². The fraction of sp³-hybridized carbons (Fsp3) is 0.790. The fourth-order valence-corrected chi connectivity index (χ4v) is 12.4. The molecule has 95 heavy (non-hydrogen) atoms. The van der Waals surface area contributed by atoms with E-state index in [1.165, 1.54) is 205 Å². The van der Waals surface area contributed by atoms with Gasteiger partial charge in [0.1, 0.15) is 48.8 Å². The van der Waals surface area contributed by atoms with E-state index in [4.69, 9.17) is 18.9 Å². The highest BCUT2D eigenvalue weighted by atomic mass is 16.7. The summed E-state index contributed by atoms with van der Waals surface area (Å²) in [5.74, 6) is -0.254. The minimum atomic E-state index is -1.80. The van der Waals surface area contributed by atoms with Gasteiger partial charge in [0.15, 0.2) is 12.6 Å². The Morgan fingerprint density at radius 3 is 1.16 bits per heavy atom. The first-order valence-electron chi connectivity index (χ1n) is 39.0. The van der Waals surface area contributed by atoms with Crippen LogP contribution in [0.1, 0.15) is 316 Å². The monoisotopic (exact) mass is 1340 g/mol. The number of hydrogen-bond donors (Lipinski definition) is 9. The summed E-state index contributed by atoms with van der Waals surface area (Å²) in [7, 11) is 0. The Bertz CT molecular complexity index is 1970. The smallest absolute Gasteiger partial charge is 0.220 e. The number of ether oxygens (including phenoxy) is 4. The van der Waals surface area contributed by atoms with E-state index >= 15 is 0 Å². The van der Waals surface area contributed by atoms with E-state index in [0.29, 0.717) is 12.8 Å². The lowest BCUT2D eigenvalue weighted by Crippen LogP contribution is -2.65. The first-order chi connectivity index (χ1) is 46.6. The number of rotatable bonds is 64. The molecule has 550 valence electrons. The highest BCUT2D eigenvalue weighted by Gasteiger charge is 2.51. The molecule has 0 saturated carbocycles. The number of amides is 1. The first-order valence-corrected chi connectivity index (χ1v) is 39.0. The number of nitrogens with one attached hydrogen (secondary N) is 1. The van der Waals surface area contributed by atoms with Crippen molar-refractivity contribution >= 4 is 5.91 Å². The summed E-state index contributed by atoms with van der Waals surface area (Å²) >= 11 is 0. The number of hydrogen-bond acceptors (Lipinski definition) is 13. The lowest BCUT2D eigenvalue weighted by Gasteiger charge is -2.46. The third-order valence-corrected chi connectivity index (χ3v) is 18.5. The van der Waals surface area contributed by atoms with Gasteiger partial charge in [-0.1, -0.05) is 323 Å². The van der Waals surface area contributed by atoms with E-state index in [0.717, 1.165) is 77.0 Å².